The molecular weight excluding hydrogens is 424 g/mol. The largest absolute Gasteiger partial charge is 0.497 e. The molecule has 2 aromatic carbocycles. The van der Waals surface area contributed by atoms with Gasteiger partial charge in [-0.15, -0.1) is 15.3 Å². The van der Waals surface area contributed by atoms with Gasteiger partial charge in [-0.3, -0.25) is 4.79 Å². The Morgan fingerprint density at radius 1 is 1.09 bits per heavy atom. The average Bonchev–Trinajstić information content (AvgIpc) is 3.29. The number of nitriles is 1. The molecule has 1 amide bonds. The minimum Gasteiger partial charge on any atom is -0.497 e. The Balaban J connectivity index is 1.31. The lowest BCUT2D eigenvalue weighted by Gasteiger charge is -2.09. The number of amides is 1. The molecule has 33 heavy (non-hydrogen) atoms. The number of aromatic nitrogens is 4. The fourth-order valence-electron chi connectivity index (χ4n) is 3.02. The highest BCUT2D eigenvalue weighted by atomic mass is 16.5. The van der Waals surface area contributed by atoms with Crippen molar-refractivity contribution in [2.45, 2.75) is 0 Å². The molecule has 0 aliphatic carbocycles. The van der Waals surface area contributed by atoms with Gasteiger partial charge in [-0.25, -0.2) is 0 Å². The molecule has 4 aromatic rings. The summed E-state index contributed by atoms with van der Waals surface area (Å²) < 4.78 is 17.9. The van der Waals surface area contributed by atoms with E-state index in [1.165, 1.54) is 0 Å². The van der Waals surface area contributed by atoms with Gasteiger partial charge in [0.15, 0.2) is 18.1 Å². The second-order valence-corrected chi connectivity index (χ2v) is 6.79. The first kappa shape index (κ1) is 21.6. The fourth-order valence-corrected chi connectivity index (χ4v) is 3.02. The number of methoxy groups -OCH3 is 1. The highest BCUT2D eigenvalue weighted by molar-refractivity contribution is 5.77. The molecule has 0 atom stereocenters. The number of fused-ring (bicyclic) bond motifs is 1. The third kappa shape index (κ3) is 5.16. The number of nitrogens with zero attached hydrogens (tertiary/aromatic N) is 5. The maximum absolute atomic E-state index is 12.0. The molecule has 166 valence electrons. The van der Waals surface area contributed by atoms with Crippen LogP contribution in [0.2, 0.25) is 0 Å². The predicted molar refractivity (Wildman–Crippen MR) is 118 cm³/mol. The van der Waals surface area contributed by atoms with Crippen molar-refractivity contribution in [2.24, 2.45) is 0 Å². The number of rotatable bonds is 9. The zero-order valence-corrected chi connectivity index (χ0v) is 17.8. The standard InChI is InChI=1S/C23H20N6O4/c1-31-18-7-4-6-16(13-18)23-27-26-20-9-10-22(28-29(20)23)32-12-11-25-21(30)15-33-19-8-3-2-5-17(19)14-24/h2-10,13H,11-12,15H2,1H3,(H,25,30). The summed E-state index contributed by atoms with van der Waals surface area (Å²) in [5, 5.41) is 24.5. The summed E-state index contributed by atoms with van der Waals surface area (Å²) in [6.07, 6.45) is 0. The molecular formula is C23H20N6O4. The molecule has 0 saturated carbocycles. The van der Waals surface area contributed by atoms with Crippen LogP contribution in [0.15, 0.2) is 60.7 Å². The van der Waals surface area contributed by atoms with Gasteiger partial charge in [-0.05, 0) is 30.3 Å². The Bertz CT molecular complexity index is 1310. The zero-order chi connectivity index (χ0) is 23.0. The highest BCUT2D eigenvalue weighted by Crippen LogP contribution is 2.23. The Morgan fingerprint density at radius 2 is 1.97 bits per heavy atom. The molecule has 10 heteroatoms. The third-order valence-electron chi connectivity index (χ3n) is 4.61. The topological polar surface area (TPSA) is 124 Å². The molecule has 2 aromatic heterocycles. The van der Waals surface area contributed by atoms with Crippen LogP contribution in [0.3, 0.4) is 0 Å². The van der Waals surface area contributed by atoms with E-state index >= 15 is 0 Å². The van der Waals surface area contributed by atoms with E-state index in [1.807, 2.05) is 30.3 Å². The van der Waals surface area contributed by atoms with Crippen LogP contribution in [0.25, 0.3) is 17.0 Å². The number of hydrogen-bond acceptors (Lipinski definition) is 8. The Morgan fingerprint density at radius 3 is 2.82 bits per heavy atom. The number of ether oxygens (including phenoxy) is 3. The van der Waals surface area contributed by atoms with Crippen LogP contribution in [0.1, 0.15) is 5.56 Å². The summed E-state index contributed by atoms with van der Waals surface area (Å²) in [5.74, 6) is 1.66. The predicted octanol–water partition coefficient (Wildman–Crippen LogP) is 2.25. The highest BCUT2D eigenvalue weighted by Gasteiger charge is 2.12. The maximum Gasteiger partial charge on any atom is 0.258 e. The number of carbonyl (C=O) groups is 1. The summed E-state index contributed by atoms with van der Waals surface area (Å²) in [6, 6.07) is 19.6. The molecule has 2 heterocycles. The molecule has 0 aliphatic rings. The molecule has 0 saturated heterocycles. The Labute approximate surface area is 189 Å². The number of para-hydroxylation sites is 1. The number of hydrogen-bond donors (Lipinski definition) is 1. The quantitative estimate of drug-likeness (QED) is 0.390. The summed E-state index contributed by atoms with van der Waals surface area (Å²) in [6.45, 7) is 0.260. The molecule has 0 fully saturated rings. The van der Waals surface area contributed by atoms with Crippen molar-refractivity contribution in [3.63, 3.8) is 0 Å². The van der Waals surface area contributed by atoms with E-state index in [-0.39, 0.29) is 25.7 Å². The number of nitrogens with one attached hydrogen (secondary N) is 1. The second kappa shape index (κ2) is 10.1. The van der Waals surface area contributed by atoms with Crippen LogP contribution in [0.5, 0.6) is 17.4 Å². The zero-order valence-electron chi connectivity index (χ0n) is 17.8. The number of benzene rings is 2. The molecule has 10 nitrogen and oxygen atoms in total. The molecule has 4 rings (SSSR count). The lowest BCUT2D eigenvalue weighted by molar-refractivity contribution is -0.123. The Hall–Kier alpha value is -4.65. The van der Waals surface area contributed by atoms with E-state index in [0.29, 0.717) is 34.4 Å². The summed E-state index contributed by atoms with van der Waals surface area (Å²) in [4.78, 5) is 12.0. The lowest BCUT2D eigenvalue weighted by atomic mass is 10.2. The fraction of sp³-hybridized carbons (Fsp3) is 0.174. The summed E-state index contributed by atoms with van der Waals surface area (Å²) in [5.41, 5.74) is 1.75. The molecule has 0 bridgehead atoms. The van der Waals surface area contributed by atoms with E-state index in [2.05, 4.69) is 20.6 Å². The number of carbonyl (C=O) groups excluding carboxylic acids is 1. The first-order valence-electron chi connectivity index (χ1n) is 10.1. The smallest absolute Gasteiger partial charge is 0.258 e. The van der Waals surface area contributed by atoms with Crippen molar-refractivity contribution in [3.05, 3.63) is 66.2 Å². The third-order valence-corrected chi connectivity index (χ3v) is 4.61. The van der Waals surface area contributed by atoms with Gasteiger partial charge in [0.2, 0.25) is 5.88 Å². The molecule has 0 spiro atoms. The van der Waals surface area contributed by atoms with Gasteiger partial charge in [-0.2, -0.15) is 9.78 Å². The normalized spacial score (nSPS) is 10.4. The van der Waals surface area contributed by atoms with Crippen LogP contribution in [0, 0.1) is 11.3 Å². The van der Waals surface area contributed by atoms with Crippen molar-refractivity contribution in [2.75, 3.05) is 26.9 Å². The van der Waals surface area contributed by atoms with E-state index < -0.39 is 0 Å². The summed E-state index contributed by atoms with van der Waals surface area (Å²) >= 11 is 0. The summed E-state index contributed by atoms with van der Waals surface area (Å²) in [7, 11) is 1.60. The van der Waals surface area contributed by atoms with Crippen molar-refractivity contribution < 1.29 is 19.0 Å². The van der Waals surface area contributed by atoms with E-state index in [0.717, 1.165) is 5.56 Å². The van der Waals surface area contributed by atoms with E-state index in [1.54, 1.807) is 48.0 Å². The van der Waals surface area contributed by atoms with Crippen LogP contribution < -0.4 is 19.5 Å². The first-order valence-corrected chi connectivity index (χ1v) is 10.1. The van der Waals surface area contributed by atoms with Gasteiger partial charge in [0.1, 0.15) is 24.2 Å². The van der Waals surface area contributed by atoms with Crippen molar-refractivity contribution >= 4 is 11.6 Å². The molecule has 1 N–H and O–H groups in total. The molecule has 0 radical (unpaired) electrons. The lowest BCUT2D eigenvalue weighted by Crippen LogP contribution is -2.32. The van der Waals surface area contributed by atoms with Gasteiger partial charge in [0.05, 0.1) is 19.2 Å². The first-order chi connectivity index (χ1) is 16.2. The maximum atomic E-state index is 12.0. The Kier molecular flexibility index (Phi) is 6.61. The van der Waals surface area contributed by atoms with Crippen molar-refractivity contribution in [1.82, 2.24) is 25.1 Å². The van der Waals surface area contributed by atoms with Crippen LogP contribution in [-0.4, -0.2) is 52.6 Å². The minimum atomic E-state index is -0.325. The van der Waals surface area contributed by atoms with E-state index in [4.69, 9.17) is 19.5 Å². The van der Waals surface area contributed by atoms with Gasteiger partial charge in [-0.1, -0.05) is 24.3 Å². The minimum absolute atomic E-state index is 0.201. The SMILES string of the molecule is COc1cccc(-c2nnc3ccc(OCCNC(=O)COc4ccccc4C#N)nn23)c1. The molecule has 0 aliphatic heterocycles. The molecule has 0 unspecified atom stereocenters. The van der Waals surface area contributed by atoms with Crippen LogP contribution in [-0.2, 0) is 4.79 Å². The van der Waals surface area contributed by atoms with Crippen LogP contribution in [0.4, 0.5) is 0 Å². The van der Waals surface area contributed by atoms with Gasteiger partial charge in [0, 0.05) is 11.6 Å². The second-order valence-electron chi connectivity index (χ2n) is 6.79. The van der Waals surface area contributed by atoms with Crippen molar-refractivity contribution in [1.29, 1.82) is 5.26 Å². The van der Waals surface area contributed by atoms with Gasteiger partial charge < -0.3 is 19.5 Å². The van der Waals surface area contributed by atoms with E-state index in [9.17, 15) is 4.79 Å². The monoisotopic (exact) mass is 444 g/mol. The van der Waals surface area contributed by atoms with Crippen LogP contribution >= 0.6 is 0 Å². The van der Waals surface area contributed by atoms with Gasteiger partial charge in [0.25, 0.3) is 5.91 Å². The van der Waals surface area contributed by atoms with Gasteiger partial charge >= 0.3 is 0 Å². The van der Waals surface area contributed by atoms with Crippen molar-refractivity contribution in [3.8, 4) is 34.8 Å². The average molecular weight is 444 g/mol.